The second-order valence-corrected chi connectivity index (χ2v) is 3.85. The van der Waals surface area contributed by atoms with Gasteiger partial charge in [0.2, 0.25) is 0 Å². The molecule has 2 heterocycles. The summed E-state index contributed by atoms with van der Waals surface area (Å²) in [5.74, 6) is -1.11. The average molecular weight is 196 g/mol. The van der Waals surface area contributed by atoms with E-state index in [1.165, 1.54) is 0 Å². The molecule has 0 N–H and O–H groups in total. The standard InChI is InChI=1S/C11H10O3.Li/c12-10(13)11-6-5-9(14-11)7-3-1-2-4-8(7)11;/h1-4,9H,5-6H2,(H,12,13);/q;+1/p-1/t9-,11+;/m1./s1. The molecule has 3 nitrogen and oxygen atoms in total. The Bertz CT molecular complexity index is 418. The minimum Gasteiger partial charge on any atom is -0.547 e. The van der Waals surface area contributed by atoms with Gasteiger partial charge in [0.1, 0.15) is 5.60 Å². The monoisotopic (exact) mass is 196 g/mol. The third-order valence-corrected chi connectivity index (χ3v) is 3.17. The Labute approximate surface area is 99.6 Å². The molecule has 0 saturated carbocycles. The predicted molar refractivity (Wildman–Crippen MR) is 46.2 cm³/mol. The van der Waals surface area contributed by atoms with Crippen molar-refractivity contribution in [1.29, 1.82) is 0 Å². The molecule has 1 saturated heterocycles. The molecule has 1 fully saturated rings. The normalized spacial score (nSPS) is 30.8. The summed E-state index contributed by atoms with van der Waals surface area (Å²) < 4.78 is 5.53. The zero-order valence-corrected chi connectivity index (χ0v) is 8.53. The minimum absolute atomic E-state index is 0. The van der Waals surface area contributed by atoms with E-state index in [2.05, 4.69) is 0 Å². The van der Waals surface area contributed by atoms with Crippen molar-refractivity contribution in [2.45, 2.75) is 24.5 Å². The maximum atomic E-state index is 11.1. The SMILES string of the molecule is O=C([O-])[C@@]12CC[C@@H](O1)c1ccccc12.[Li+]. The first-order valence-electron chi connectivity index (χ1n) is 4.73. The van der Waals surface area contributed by atoms with Gasteiger partial charge in [0, 0.05) is 0 Å². The van der Waals surface area contributed by atoms with Crippen LogP contribution in [0.1, 0.15) is 30.1 Å². The average Bonchev–Trinajstić information content (AvgIpc) is 2.75. The zero-order valence-electron chi connectivity index (χ0n) is 8.53. The van der Waals surface area contributed by atoms with Gasteiger partial charge >= 0.3 is 18.9 Å². The van der Waals surface area contributed by atoms with Crippen molar-refractivity contribution >= 4 is 5.97 Å². The Morgan fingerprint density at radius 1 is 1.47 bits per heavy atom. The van der Waals surface area contributed by atoms with Gasteiger partial charge in [-0.1, -0.05) is 24.3 Å². The van der Waals surface area contributed by atoms with Gasteiger partial charge < -0.3 is 14.6 Å². The third-order valence-electron chi connectivity index (χ3n) is 3.17. The number of hydrogen-bond acceptors (Lipinski definition) is 3. The van der Waals surface area contributed by atoms with E-state index in [1.807, 2.05) is 24.3 Å². The van der Waals surface area contributed by atoms with E-state index in [1.54, 1.807) is 0 Å². The number of benzene rings is 1. The van der Waals surface area contributed by atoms with E-state index in [4.69, 9.17) is 4.74 Å². The summed E-state index contributed by atoms with van der Waals surface area (Å²) in [6.07, 6.45) is 1.28. The molecule has 0 unspecified atom stereocenters. The summed E-state index contributed by atoms with van der Waals surface area (Å²) in [5, 5.41) is 11.1. The van der Waals surface area contributed by atoms with Crippen molar-refractivity contribution in [2.24, 2.45) is 0 Å². The van der Waals surface area contributed by atoms with Crippen molar-refractivity contribution in [2.75, 3.05) is 0 Å². The molecule has 72 valence electrons. The number of aliphatic carboxylic acids is 1. The number of carbonyl (C=O) groups is 1. The summed E-state index contributed by atoms with van der Waals surface area (Å²) in [6.45, 7) is 0. The van der Waals surface area contributed by atoms with Crippen LogP contribution in [0, 0.1) is 0 Å². The summed E-state index contributed by atoms with van der Waals surface area (Å²) in [7, 11) is 0. The molecule has 0 aliphatic carbocycles. The zero-order chi connectivity index (χ0) is 9.76. The van der Waals surface area contributed by atoms with Crippen LogP contribution in [0.3, 0.4) is 0 Å². The third kappa shape index (κ3) is 1.21. The topological polar surface area (TPSA) is 49.4 Å². The van der Waals surface area contributed by atoms with E-state index in [0.717, 1.165) is 17.5 Å². The largest absolute Gasteiger partial charge is 1.00 e. The van der Waals surface area contributed by atoms with Crippen LogP contribution in [0.2, 0.25) is 0 Å². The molecule has 2 bridgehead atoms. The van der Waals surface area contributed by atoms with Gasteiger partial charge in [0.05, 0.1) is 12.1 Å². The Hall–Kier alpha value is -0.753. The molecule has 0 radical (unpaired) electrons. The smallest absolute Gasteiger partial charge is 0.547 e. The Kier molecular flexibility index (Phi) is 2.42. The van der Waals surface area contributed by atoms with Crippen molar-refractivity contribution in [3.05, 3.63) is 35.4 Å². The van der Waals surface area contributed by atoms with Crippen LogP contribution in [0.5, 0.6) is 0 Å². The number of hydrogen-bond donors (Lipinski definition) is 0. The first kappa shape index (κ1) is 10.8. The molecule has 2 atom stereocenters. The summed E-state index contributed by atoms with van der Waals surface area (Å²) in [6, 6.07) is 7.51. The second kappa shape index (κ2) is 3.38. The Morgan fingerprint density at radius 3 is 2.93 bits per heavy atom. The fourth-order valence-corrected chi connectivity index (χ4v) is 2.52. The van der Waals surface area contributed by atoms with Crippen molar-refractivity contribution in [1.82, 2.24) is 0 Å². The summed E-state index contributed by atoms with van der Waals surface area (Å²) in [4.78, 5) is 11.1. The molecule has 2 aliphatic rings. The van der Waals surface area contributed by atoms with Crippen LogP contribution in [-0.4, -0.2) is 5.97 Å². The first-order valence-corrected chi connectivity index (χ1v) is 4.73. The van der Waals surface area contributed by atoms with E-state index < -0.39 is 11.6 Å². The van der Waals surface area contributed by atoms with Gasteiger partial charge in [0.15, 0.2) is 0 Å². The van der Waals surface area contributed by atoms with Crippen LogP contribution in [0.4, 0.5) is 0 Å². The fraction of sp³-hybridized carbons (Fsp3) is 0.364. The molecular formula is C11H9LiO3. The number of carboxylic acids is 1. The van der Waals surface area contributed by atoms with Gasteiger partial charge in [-0.25, -0.2) is 0 Å². The quantitative estimate of drug-likeness (QED) is 0.466. The van der Waals surface area contributed by atoms with Gasteiger partial charge in [-0.15, -0.1) is 0 Å². The molecule has 0 spiro atoms. The number of carbonyl (C=O) groups excluding carboxylic acids is 1. The van der Waals surface area contributed by atoms with Gasteiger partial charge in [-0.3, -0.25) is 0 Å². The van der Waals surface area contributed by atoms with Crippen molar-refractivity contribution < 1.29 is 33.5 Å². The van der Waals surface area contributed by atoms with E-state index in [-0.39, 0.29) is 25.0 Å². The van der Waals surface area contributed by atoms with Gasteiger partial charge in [-0.05, 0) is 24.0 Å². The molecule has 0 amide bonds. The maximum Gasteiger partial charge on any atom is 1.00 e. The number of carboxylic acid groups (broad SMARTS) is 1. The van der Waals surface area contributed by atoms with Crippen LogP contribution in [0.25, 0.3) is 0 Å². The molecule has 2 aliphatic heterocycles. The number of rotatable bonds is 1. The predicted octanol–water partition coefficient (Wildman–Crippen LogP) is -2.50. The Balaban J connectivity index is 0.000000853. The first-order chi connectivity index (χ1) is 6.74. The van der Waals surface area contributed by atoms with Crippen LogP contribution in [-0.2, 0) is 15.1 Å². The molecule has 0 aromatic heterocycles. The molecule has 3 rings (SSSR count). The van der Waals surface area contributed by atoms with E-state index in [0.29, 0.717) is 6.42 Å². The maximum absolute atomic E-state index is 11.1. The van der Waals surface area contributed by atoms with E-state index >= 15 is 0 Å². The number of fused-ring (bicyclic) bond motifs is 5. The van der Waals surface area contributed by atoms with Gasteiger partial charge in [-0.2, -0.15) is 0 Å². The molecule has 1 aromatic carbocycles. The van der Waals surface area contributed by atoms with E-state index in [9.17, 15) is 9.90 Å². The fourth-order valence-electron chi connectivity index (χ4n) is 2.52. The summed E-state index contributed by atoms with van der Waals surface area (Å²) >= 11 is 0. The van der Waals surface area contributed by atoms with Gasteiger partial charge in [0.25, 0.3) is 0 Å². The van der Waals surface area contributed by atoms with Crippen LogP contribution in [0.15, 0.2) is 24.3 Å². The van der Waals surface area contributed by atoms with Crippen molar-refractivity contribution in [3.63, 3.8) is 0 Å². The minimum atomic E-state index is -1.15. The van der Waals surface area contributed by atoms with Crippen LogP contribution < -0.4 is 24.0 Å². The second-order valence-electron chi connectivity index (χ2n) is 3.85. The van der Waals surface area contributed by atoms with Crippen LogP contribution >= 0.6 is 0 Å². The molecule has 1 aromatic rings. The molecule has 4 heteroatoms. The number of ether oxygens (including phenoxy) is 1. The van der Waals surface area contributed by atoms with Crippen molar-refractivity contribution in [3.8, 4) is 0 Å². The summed E-state index contributed by atoms with van der Waals surface area (Å²) in [5.41, 5.74) is 0.653. The molecule has 15 heavy (non-hydrogen) atoms. The molecular weight excluding hydrogens is 187 g/mol. The Morgan fingerprint density at radius 2 is 2.20 bits per heavy atom.